The minimum Gasteiger partial charge on any atom is -1.00 e. The maximum Gasteiger partial charge on any atom is 1.00 e. The molecule has 0 aliphatic heterocycles. The fourth-order valence-corrected chi connectivity index (χ4v) is 8.28. The van der Waals surface area contributed by atoms with Gasteiger partial charge < -0.3 is 20.7 Å². The van der Waals surface area contributed by atoms with Gasteiger partial charge in [-0.05, 0) is 93.7 Å². The van der Waals surface area contributed by atoms with Gasteiger partial charge in [-0.2, -0.15) is 43.9 Å². The fourth-order valence-electron chi connectivity index (χ4n) is 8.13. The molecule has 88 heavy (non-hydrogen) atoms. The SMILES string of the molecule is CCCc1ccc(-c2ccc(-c3cc(F)c(C(F)(F)Oc4cc(F)c(O)c(F)c4)c(F)c3)c(F)c2)cc1.CCCc1ccc(-c2ccc(-c3cc(F)c(C(F)(F)Oc4cc(F)c(O/C=C/C(F)(F)F)c(F)c4)c(F)c3)c(F)c2)cc1.FC(F)(F)/C=C/Cl.[H-].[Na+]. The molecular weight excluding hydrogens is 1250 g/mol. The van der Waals surface area contributed by atoms with E-state index in [1.807, 2.05) is 50.2 Å². The third-order valence-electron chi connectivity index (χ3n) is 12.0. The Kier molecular flexibility index (Phi) is 24.3. The quantitative estimate of drug-likeness (QED) is 0.0595. The van der Waals surface area contributed by atoms with Crippen LogP contribution in [0.1, 0.15) is 50.4 Å². The van der Waals surface area contributed by atoms with Gasteiger partial charge in [0.05, 0.1) is 12.3 Å². The predicted molar refractivity (Wildman–Crippen MR) is 284 cm³/mol. The minimum absolute atomic E-state index is 0. The maximum atomic E-state index is 15.0. The van der Waals surface area contributed by atoms with Gasteiger partial charge in [-0.25, -0.2) is 43.9 Å². The number of alkyl halides is 10. The Balaban J connectivity index is 0.000000339. The molecule has 0 fully saturated rings. The third kappa shape index (κ3) is 18.9. The van der Waals surface area contributed by atoms with Crippen LogP contribution < -0.4 is 43.8 Å². The number of phenols is 1. The summed E-state index contributed by atoms with van der Waals surface area (Å²) in [6.07, 6.45) is -15.6. The monoisotopic (exact) mass is 1290 g/mol. The van der Waals surface area contributed by atoms with Crippen LogP contribution in [0.4, 0.5) is 87.8 Å². The summed E-state index contributed by atoms with van der Waals surface area (Å²) in [6, 6.07) is 25.2. The van der Waals surface area contributed by atoms with Gasteiger partial charge in [0, 0.05) is 47.0 Å². The van der Waals surface area contributed by atoms with E-state index in [2.05, 4.69) is 25.8 Å². The van der Waals surface area contributed by atoms with Crippen molar-refractivity contribution in [2.75, 3.05) is 0 Å². The summed E-state index contributed by atoms with van der Waals surface area (Å²) >= 11 is 4.59. The van der Waals surface area contributed by atoms with Gasteiger partial charge in [0.2, 0.25) is 0 Å². The Labute approximate surface area is 516 Å². The Bertz CT molecular complexity index is 3690. The van der Waals surface area contributed by atoms with Gasteiger partial charge in [0.15, 0.2) is 34.8 Å². The summed E-state index contributed by atoms with van der Waals surface area (Å²) in [5, 5.41) is 9.06. The standard InChI is InChI=1S/C31H20F10O2.C28H19F7O2.C3H2ClF3.Na.H/c1-2-3-17-4-6-18(7-5-17)19-8-9-22(23(32)12-19)20-13-24(33)28(25(34)14-20)31(40,41)43-21-15-26(35)29(27(36)16-21)42-11-10-30(37,38)39;1-2-3-15-4-6-16(7-5-15)17-8-9-20(21(29)10-17)18-11-22(30)26(23(31)12-18)28(34,35)37-19-13-24(32)27(36)25(33)14-19;4-2-1-3(5,6)7;;/h4-16H,2-3H2,1H3;4-14,36H,2-3H2,1H3;1-2H;;/q;;;+1;-1/b11-10+;;2-1+;;. The van der Waals surface area contributed by atoms with Gasteiger partial charge in [0.1, 0.15) is 57.5 Å². The zero-order chi connectivity index (χ0) is 64.3. The van der Waals surface area contributed by atoms with Gasteiger partial charge in [0.25, 0.3) is 0 Å². The molecular formula is C62H42ClF20NaO4. The molecule has 0 aliphatic rings. The van der Waals surface area contributed by atoms with E-state index in [9.17, 15) is 87.8 Å². The number of benzene rings is 8. The fraction of sp³-hybridized carbons (Fsp3) is 0.161. The van der Waals surface area contributed by atoms with Crippen molar-refractivity contribution in [2.24, 2.45) is 0 Å². The van der Waals surface area contributed by atoms with Gasteiger partial charge >= 0.3 is 54.1 Å². The van der Waals surface area contributed by atoms with Crippen molar-refractivity contribution < 1.29 is 138 Å². The first-order chi connectivity index (χ1) is 40.7. The number of halogens is 21. The molecule has 0 spiro atoms. The Morgan fingerprint density at radius 2 is 0.727 bits per heavy atom. The summed E-state index contributed by atoms with van der Waals surface area (Å²) in [6.45, 7) is 4.08. The Morgan fingerprint density at radius 3 is 1.02 bits per heavy atom. The predicted octanol–water partition coefficient (Wildman–Crippen LogP) is 18.2. The van der Waals surface area contributed by atoms with Crippen molar-refractivity contribution in [3.63, 3.8) is 0 Å². The smallest absolute Gasteiger partial charge is 1.00 e. The number of rotatable bonds is 16. The van der Waals surface area contributed by atoms with Gasteiger partial charge in [-0.1, -0.05) is 111 Å². The third-order valence-corrected chi connectivity index (χ3v) is 12.2. The molecule has 0 radical (unpaired) electrons. The molecule has 462 valence electrons. The molecule has 0 amide bonds. The first-order valence-electron chi connectivity index (χ1n) is 25.1. The molecule has 8 aromatic rings. The maximum absolute atomic E-state index is 15.0. The van der Waals surface area contributed by atoms with E-state index < -0.39 is 129 Å². The Hall–Kier alpha value is -7.67. The van der Waals surface area contributed by atoms with E-state index in [0.29, 0.717) is 46.5 Å². The number of hydrogen-bond donors (Lipinski definition) is 1. The molecule has 1 N–H and O–H groups in total. The van der Waals surface area contributed by atoms with Crippen LogP contribution in [-0.2, 0) is 25.1 Å². The zero-order valence-corrected chi connectivity index (χ0v) is 48.2. The summed E-state index contributed by atoms with van der Waals surface area (Å²) in [5.41, 5.74) is -0.0438. The summed E-state index contributed by atoms with van der Waals surface area (Å²) in [7, 11) is 0. The molecule has 0 bridgehead atoms. The molecule has 0 heterocycles. The number of allylic oxidation sites excluding steroid dienone is 2. The van der Waals surface area contributed by atoms with E-state index in [0.717, 1.165) is 48.4 Å². The molecule has 0 atom stereocenters. The summed E-state index contributed by atoms with van der Waals surface area (Å²) < 4.78 is 285. The van der Waals surface area contributed by atoms with Crippen LogP contribution in [0.3, 0.4) is 0 Å². The first-order valence-corrected chi connectivity index (χ1v) is 25.5. The van der Waals surface area contributed by atoms with Crippen LogP contribution in [0.15, 0.2) is 157 Å². The van der Waals surface area contributed by atoms with Crippen LogP contribution in [0.5, 0.6) is 23.0 Å². The van der Waals surface area contributed by atoms with Crippen molar-refractivity contribution in [3.8, 4) is 67.5 Å². The topological polar surface area (TPSA) is 47.9 Å². The van der Waals surface area contributed by atoms with E-state index in [4.69, 9.17) is 5.11 Å². The second-order valence-corrected chi connectivity index (χ2v) is 18.7. The second-order valence-electron chi connectivity index (χ2n) is 18.4. The molecule has 0 saturated carbocycles. The van der Waals surface area contributed by atoms with E-state index in [1.165, 1.54) is 30.3 Å². The largest absolute Gasteiger partial charge is 1.00 e. The van der Waals surface area contributed by atoms with Crippen LogP contribution >= 0.6 is 11.6 Å². The van der Waals surface area contributed by atoms with Crippen molar-refractivity contribution in [3.05, 3.63) is 238 Å². The van der Waals surface area contributed by atoms with Gasteiger partial charge in [-0.3, -0.25) is 0 Å². The van der Waals surface area contributed by atoms with Crippen LogP contribution in [-0.4, -0.2) is 17.5 Å². The average molecular weight is 1290 g/mol. The van der Waals surface area contributed by atoms with Crippen LogP contribution in [0, 0.1) is 58.2 Å². The van der Waals surface area contributed by atoms with Gasteiger partial charge in [-0.15, -0.1) is 0 Å². The average Bonchev–Trinajstić information content (AvgIpc) is 3.20. The second kappa shape index (κ2) is 30.0. The van der Waals surface area contributed by atoms with E-state index in [-0.39, 0.29) is 84.3 Å². The number of aromatic hydroxyl groups is 1. The van der Waals surface area contributed by atoms with Crippen molar-refractivity contribution >= 4 is 11.6 Å². The van der Waals surface area contributed by atoms with Crippen molar-refractivity contribution in [2.45, 2.75) is 64.1 Å². The molecule has 8 rings (SSSR count). The van der Waals surface area contributed by atoms with Crippen LogP contribution in [0.25, 0.3) is 44.5 Å². The Morgan fingerprint density at radius 1 is 0.409 bits per heavy atom. The number of ether oxygens (including phenoxy) is 3. The molecule has 0 aliphatic carbocycles. The zero-order valence-electron chi connectivity index (χ0n) is 46.4. The molecule has 4 nitrogen and oxygen atoms in total. The number of hydrogen-bond acceptors (Lipinski definition) is 4. The van der Waals surface area contributed by atoms with E-state index in [1.54, 1.807) is 12.1 Å². The van der Waals surface area contributed by atoms with E-state index >= 15 is 0 Å². The summed E-state index contributed by atoms with van der Waals surface area (Å²) in [5.74, 6) is -20.9. The molecule has 0 unspecified atom stereocenters. The molecule has 8 aromatic carbocycles. The number of phenolic OH excluding ortho intramolecular Hbond substituents is 1. The minimum atomic E-state index is -4.86. The normalized spacial score (nSPS) is 11.9. The summed E-state index contributed by atoms with van der Waals surface area (Å²) in [4.78, 5) is 0. The molecule has 0 saturated heterocycles. The number of aryl methyl sites for hydroxylation is 2. The van der Waals surface area contributed by atoms with Crippen molar-refractivity contribution in [1.29, 1.82) is 0 Å². The first kappa shape index (κ1) is 71.1. The molecule has 0 aromatic heterocycles. The van der Waals surface area contributed by atoms with Crippen molar-refractivity contribution in [1.82, 2.24) is 0 Å². The molecule has 26 heteroatoms. The van der Waals surface area contributed by atoms with Crippen LogP contribution in [0.2, 0.25) is 0 Å².